The highest BCUT2D eigenvalue weighted by molar-refractivity contribution is 6.52. The van der Waals surface area contributed by atoms with Crippen LogP contribution < -0.4 is 9.92 Å². The average molecular weight is 168 g/mol. The first kappa shape index (κ1) is 8.14. The van der Waals surface area contributed by atoms with Gasteiger partial charge in [0.15, 0.2) is 11.5 Å². The second kappa shape index (κ2) is 3.43. The summed E-state index contributed by atoms with van der Waals surface area (Å²) in [6, 6.07) is 5.54. The lowest BCUT2D eigenvalue weighted by molar-refractivity contribution is 0.374. The SMILES string of the molecule is COc1cc([SiH2]C)ccc1O. The molecule has 11 heavy (non-hydrogen) atoms. The number of hydrogen-bond acceptors (Lipinski definition) is 2. The van der Waals surface area contributed by atoms with Gasteiger partial charge in [-0.2, -0.15) is 0 Å². The zero-order chi connectivity index (χ0) is 8.27. The predicted octanol–water partition coefficient (Wildman–Crippen LogP) is 0.243. The second-order valence-corrected chi connectivity index (χ2v) is 3.88. The lowest BCUT2D eigenvalue weighted by Gasteiger charge is -2.03. The van der Waals surface area contributed by atoms with E-state index in [0.29, 0.717) is 5.75 Å². The molecular formula is C8H12O2Si. The second-order valence-electron chi connectivity index (χ2n) is 2.36. The molecule has 0 unspecified atom stereocenters. The van der Waals surface area contributed by atoms with Crippen LogP contribution in [0.15, 0.2) is 18.2 Å². The summed E-state index contributed by atoms with van der Waals surface area (Å²) in [4.78, 5) is 0. The fourth-order valence-electron chi connectivity index (χ4n) is 0.942. The van der Waals surface area contributed by atoms with E-state index in [-0.39, 0.29) is 15.3 Å². The Morgan fingerprint density at radius 2 is 2.18 bits per heavy atom. The quantitative estimate of drug-likeness (QED) is 0.641. The number of rotatable bonds is 2. The Morgan fingerprint density at radius 3 is 2.73 bits per heavy atom. The zero-order valence-electron chi connectivity index (χ0n) is 6.79. The van der Waals surface area contributed by atoms with Crippen LogP contribution in [0.25, 0.3) is 0 Å². The van der Waals surface area contributed by atoms with Crippen LogP contribution >= 0.6 is 0 Å². The van der Waals surface area contributed by atoms with Crippen molar-refractivity contribution in [3.63, 3.8) is 0 Å². The first-order valence-electron chi connectivity index (χ1n) is 3.63. The highest BCUT2D eigenvalue weighted by atomic mass is 28.2. The maximum atomic E-state index is 9.22. The fraction of sp³-hybridized carbons (Fsp3) is 0.250. The van der Waals surface area contributed by atoms with Crippen molar-refractivity contribution in [1.82, 2.24) is 0 Å². The summed E-state index contributed by atoms with van der Waals surface area (Å²) in [7, 11) is 1.42. The van der Waals surface area contributed by atoms with E-state index in [1.807, 2.05) is 12.1 Å². The normalized spacial score (nSPS) is 10.7. The number of hydrogen-bond donors (Lipinski definition) is 1. The molecule has 0 spiro atoms. The molecule has 2 nitrogen and oxygen atoms in total. The highest BCUT2D eigenvalue weighted by Gasteiger charge is 1.99. The summed E-state index contributed by atoms with van der Waals surface area (Å²) >= 11 is 0. The molecule has 1 aromatic rings. The Kier molecular flexibility index (Phi) is 2.54. The van der Waals surface area contributed by atoms with Crippen molar-refractivity contribution >= 4 is 14.7 Å². The van der Waals surface area contributed by atoms with Gasteiger partial charge in [-0.15, -0.1) is 0 Å². The molecule has 1 aromatic carbocycles. The number of ether oxygens (including phenoxy) is 1. The minimum atomic E-state index is -0.147. The van der Waals surface area contributed by atoms with Gasteiger partial charge in [0.1, 0.15) is 0 Å². The van der Waals surface area contributed by atoms with Gasteiger partial charge in [0.05, 0.1) is 16.6 Å². The first-order chi connectivity index (χ1) is 5.27. The van der Waals surface area contributed by atoms with Crippen LogP contribution in [0.3, 0.4) is 0 Å². The number of aromatic hydroxyl groups is 1. The molecule has 60 valence electrons. The van der Waals surface area contributed by atoms with Gasteiger partial charge in [0.2, 0.25) is 0 Å². The molecular weight excluding hydrogens is 156 g/mol. The van der Waals surface area contributed by atoms with E-state index in [9.17, 15) is 5.11 Å². The number of phenols is 1. The monoisotopic (exact) mass is 168 g/mol. The Hall–Kier alpha value is -0.963. The van der Waals surface area contributed by atoms with Crippen LogP contribution in [0.4, 0.5) is 0 Å². The van der Waals surface area contributed by atoms with E-state index in [4.69, 9.17) is 4.74 Å². The molecule has 0 aliphatic carbocycles. The Labute approximate surface area is 68.6 Å². The van der Waals surface area contributed by atoms with Gasteiger partial charge < -0.3 is 9.84 Å². The van der Waals surface area contributed by atoms with E-state index in [0.717, 1.165) is 0 Å². The third kappa shape index (κ3) is 1.74. The van der Waals surface area contributed by atoms with Crippen molar-refractivity contribution in [3.8, 4) is 11.5 Å². The van der Waals surface area contributed by atoms with Crippen molar-refractivity contribution in [3.05, 3.63) is 18.2 Å². The smallest absolute Gasteiger partial charge is 0.160 e. The van der Waals surface area contributed by atoms with Crippen LogP contribution in [0, 0.1) is 0 Å². The molecule has 3 heteroatoms. The van der Waals surface area contributed by atoms with Gasteiger partial charge in [-0.3, -0.25) is 0 Å². The highest BCUT2D eigenvalue weighted by Crippen LogP contribution is 2.22. The van der Waals surface area contributed by atoms with Gasteiger partial charge in [-0.1, -0.05) is 17.8 Å². The number of phenolic OH excluding ortho intramolecular Hbond substituents is 1. The average Bonchev–Trinajstić information content (AvgIpc) is 2.05. The van der Waals surface area contributed by atoms with Gasteiger partial charge in [-0.05, 0) is 12.1 Å². The van der Waals surface area contributed by atoms with Crippen LogP contribution in [0.1, 0.15) is 0 Å². The topological polar surface area (TPSA) is 29.5 Å². The summed E-state index contributed by atoms with van der Waals surface area (Å²) in [5.41, 5.74) is 0. The Bertz CT molecular complexity index is 248. The third-order valence-electron chi connectivity index (χ3n) is 1.65. The summed E-state index contributed by atoms with van der Waals surface area (Å²) in [6.45, 7) is 2.20. The molecule has 0 aliphatic rings. The van der Waals surface area contributed by atoms with Crippen molar-refractivity contribution in [1.29, 1.82) is 0 Å². The first-order valence-corrected chi connectivity index (χ1v) is 5.76. The molecule has 0 heterocycles. The standard InChI is InChI=1S/C8H12O2Si/c1-10-8-5-6(11-2)3-4-7(8)9/h3-5,9H,11H2,1-2H3. The maximum absolute atomic E-state index is 9.22. The van der Waals surface area contributed by atoms with Crippen molar-refractivity contribution < 1.29 is 9.84 Å². The molecule has 0 bridgehead atoms. The van der Waals surface area contributed by atoms with E-state index in [1.54, 1.807) is 13.2 Å². The molecule has 0 radical (unpaired) electrons. The maximum Gasteiger partial charge on any atom is 0.160 e. The van der Waals surface area contributed by atoms with Gasteiger partial charge in [-0.25, -0.2) is 0 Å². The van der Waals surface area contributed by atoms with Gasteiger partial charge in [0.25, 0.3) is 0 Å². The summed E-state index contributed by atoms with van der Waals surface area (Å²) < 4.78 is 4.96. The van der Waals surface area contributed by atoms with Crippen LogP contribution in [0.2, 0.25) is 6.55 Å². The molecule has 0 saturated heterocycles. The predicted molar refractivity (Wildman–Crippen MR) is 48.7 cm³/mol. The van der Waals surface area contributed by atoms with E-state index < -0.39 is 0 Å². The van der Waals surface area contributed by atoms with Gasteiger partial charge >= 0.3 is 0 Å². The molecule has 0 fully saturated rings. The molecule has 1 N–H and O–H groups in total. The van der Waals surface area contributed by atoms with E-state index in [2.05, 4.69) is 6.55 Å². The number of benzene rings is 1. The lowest BCUT2D eigenvalue weighted by Crippen LogP contribution is -2.09. The molecule has 0 saturated carbocycles. The summed E-state index contributed by atoms with van der Waals surface area (Å²) in [5, 5.41) is 10.5. The van der Waals surface area contributed by atoms with Crippen LogP contribution in [-0.4, -0.2) is 21.7 Å². The van der Waals surface area contributed by atoms with Crippen molar-refractivity contribution in [2.75, 3.05) is 7.11 Å². The van der Waals surface area contributed by atoms with E-state index in [1.165, 1.54) is 5.19 Å². The largest absolute Gasteiger partial charge is 0.504 e. The van der Waals surface area contributed by atoms with Crippen LogP contribution in [-0.2, 0) is 0 Å². The Morgan fingerprint density at radius 1 is 1.45 bits per heavy atom. The minimum absolute atomic E-state index is 0.147. The number of methoxy groups -OCH3 is 1. The third-order valence-corrected chi connectivity index (χ3v) is 2.91. The lowest BCUT2D eigenvalue weighted by atomic mass is 10.3. The van der Waals surface area contributed by atoms with Crippen molar-refractivity contribution in [2.24, 2.45) is 0 Å². The zero-order valence-corrected chi connectivity index (χ0v) is 8.21. The van der Waals surface area contributed by atoms with Crippen molar-refractivity contribution in [2.45, 2.75) is 6.55 Å². The summed E-state index contributed by atoms with van der Waals surface area (Å²) in [6.07, 6.45) is 0. The van der Waals surface area contributed by atoms with Crippen LogP contribution in [0.5, 0.6) is 11.5 Å². The van der Waals surface area contributed by atoms with E-state index >= 15 is 0 Å². The Balaban J connectivity index is 3.02. The minimum Gasteiger partial charge on any atom is -0.504 e. The summed E-state index contributed by atoms with van der Waals surface area (Å²) in [5.74, 6) is 0.801. The molecule has 0 amide bonds. The molecule has 1 rings (SSSR count). The molecule has 0 atom stereocenters. The molecule has 0 aliphatic heterocycles. The molecule has 0 aromatic heterocycles. The fourth-order valence-corrected chi connectivity index (χ4v) is 1.69. The van der Waals surface area contributed by atoms with Gasteiger partial charge in [0, 0.05) is 0 Å².